The highest BCUT2D eigenvalue weighted by atomic mass is 14.3. The number of rotatable bonds is 2. The molecule has 2 aromatic rings. The van der Waals surface area contributed by atoms with Gasteiger partial charge in [-0.2, -0.15) is 0 Å². The van der Waals surface area contributed by atoms with E-state index in [1.807, 2.05) is 0 Å². The molecule has 0 fully saturated rings. The largest absolute Gasteiger partial charge is 0.0909 e. The Balaban J connectivity index is 2.19. The Hall–Kier alpha value is -2.08. The van der Waals surface area contributed by atoms with Crippen molar-refractivity contribution in [2.45, 2.75) is 47.0 Å². The molecule has 0 heterocycles. The molecule has 0 aliphatic heterocycles. The van der Waals surface area contributed by atoms with Gasteiger partial charge in [0.15, 0.2) is 0 Å². The Bertz CT molecular complexity index is 816. The van der Waals surface area contributed by atoms with E-state index in [1.165, 1.54) is 50.1 Å². The van der Waals surface area contributed by atoms with Crippen LogP contribution >= 0.6 is 0 Å². The van der Waals surface area contributed by atoms with E-state index in [0.29, 0.717) is 5.92 Å². The van der Waals surface area contributed by atoms with E-state index in [2.05, 4.69) is 77.6 Å². The van der Waals surface area contributed by atoms with Gasteiger partial charge in [-0.1, -0.05) is 68.0 Å². The Labute approximate surface area is 140 Å². The molecule has 0 nitrogen and oxygen atoms in total. The second kappa shape index (κ2) is 5.85. The molecule has 2 aromatic carbocycles. The first-order chi connectivity index (χ1) is 10.9. The summed E-state index contributed by atoms with van der Waals surface area (Å²) in [7, 11) is 0. The maximum absolute atomic E-state index is 4.42. The number of fused-ring (bicyclic) bond motifs is 1. The molecule has 0 aromatic heterocycles. The van der Waals surface area contributed by atoms with Crippen LogP contribution < -0.4 is 0 Å². The quantitative estimate of drug-likeness (QED) is 0.596. The lowest BCUT2D eigenvalue weighted by Gasteiger charge is -2.28. The normalized spacial score (nSPS) is 14.4. The van der Waals surface area contributed by atoms with Crippen molar-refractivity contribution in [2.75, 3.05) is 0 Å². The highest BCUT2D eigenvalue weighted by Crippen LogP contribution is 2.41. The predicted octanol–water partition coefficient (Wildman–Crippen LogP) is 6.47. The summed E-state index contributed by atoms with van der Waals surface area (Å²) in [6.45, 7) is 15.6. The van der Waals surface area contributed by atoms with Gasteiger partial charge in [0, 0.05) is 0 Å². The summed E-state index contributed by atoms with van der Waals surface area (Å²) in [5, 5.41) is 0. The molecule has 0 radical (unpaired) electrons. The molecule has 0 bridgehead atoms. The molecule has 0 saturated heterocycles. The van der Waals surface area contributed by atoms with Crippen molar-refractivity contribution >= 4 is 11.1 Å². The molecule has 0 spiro atoms. The number of aryl methyl sites for hydroxylation is 2. The molecule has 0 heteroatoms. The zero-order chi connectivity index (χ0) is 16.7. The maximum atomic E-state index is 4.42. The summed E-state index contributed by atoms with van der Waals surface area (Å²) in [6.07, 6.45) is 1.01. The molecule has 23 heavy (non-hydrogen) atoms. The minimum atomic E-state index is 0.536. The minimum absolute atomic E-state index is 0.536. The van der Waals surface area contributed by atoms with Gasteiger partial charge in [-0.15, -0.1) is 0 Å². The average molecular weight is 302 g/mol. The van der Waals surface area contributed by atoms with Gasteiger partial charge in [-0.25, -0.2) is 0 Å². The lowest BCUT2D eigenvalue weighted by Crippen LogP contribution is -2.10. The third kappa shape index (κ3) is 2.79. The second-order valence-electron chi connectivity index (χ2n) is 7.16. The lowest BCUT2D eigenvalue weighted by molar-refractivity contribution is 0.846. The average Bonchev–Trinajstić information content (AvgIpc) is 2.50. The zero-order valence-corrected chi connectivity index (χ0v) is 15.0. The highest BCUT2D eigenvalue weighted by Gasteiger charge is 2.23. The summed E-state index contributed by atoms with van der Waals surface area (Å²) < 4.78 is 0. The Morgan fingerprint density at radius 3 is 2.35 bits per heavy atom. The van der Waals surface area contributed by atoms with Crippen LogP contribution in [0.1, 0.15) is 60.1 Å². The number of allylic oxidation sites excluding steroid dienone is 3. The van der Waals surface area contributed by atoms with Crippen molar-refractivity contribution in [3.05, 3.63) is 81.9 Å². The van der Waals surface area contributed by atoms with Crippen molar-refractivity contribution < 1.29 is 0 Å². The van der Waals surface area contributed by atoms with Gasteiger partial charge in [-0.05, 0) is 72.1 Å². The molecule has 3 rings (SSSR count). The molecular formula is C23H26. The van der Waals surface area contributed by atoms with Crippen molar-refractivity contribution in [1.82, 2.24) is 0 Å². The monoisotopic (exact) mass is 302 g/mol. The SMILES string of the molecule is C=C1C(C)=C(c2cccc(C)c2)Cc2c1cc(C)cc2C(C)C. The van der Waals surface area contributed by atoms with Crippen LogP contribution in [0, 0.1) is 13.8 Å². The van der Waals surface area contributed by atoms with Crippen LogP contribution in [-0.2, 0) is 6.42 Å². The van der Waals surface area contributed by atoms with E-state index in [9.17, 15) is 0 Å². The predicted molar refractivity (Wildman–Crippen MR) is 102 cm³/mol. The maximum Gasteiger partial charge on any atom is -0.000799 e. The van der Waals surface area contributed by atoms with E-state index in [-0.39, 0.29) is 0 Å². The number of hydrogen-bond donors (Lipinski definition) is 0. The fourth-order valence-electron chi connectivity index (χ4n) is 3.67. The molecule has 0 unspecified atom stereocenters. The summed E-state index contributed by atoms with van der Waals surface area (Å²) in [4.78, 5) is 0. The fourth-order valence-corrected chi connectivity index (χ4v) is 3.67. The van der Waals surface area contributed by atoms with Crippen molar-refractivity contribution in [3.63, 3.8) is 0 Å². The Kier molecular flexibility index (Phi) is 4.02. The first kappa shape index (κ1) is 15.8. The molecule has 118 valence electrons. The summed E-state index contributed by atoms with van der Waals surface area (Å²) >= 11 is 0. The molecule has 1 aliphatic rings. The van der Waals surface area contributed by atoms with Crippen LogP contribution in [0.4, 0.5) is 0 Å². The first-order valence-electron chi connectivity index (χ1n) is 8.48. The standard InChI is InChI=1S/C23H26/c1-14(2)20-11-16(4)12-22-18(6)17(5)21(13-23(20)22)19-9-7-8-15(3)10-19/h7-12,14H,6,13H2,1-5H3. The van der Waals surface area contributed by atoms with Crippen molar-refractivity contribution in [2.24, 2.45) is 0 Å². The summed E-state index contributed by atoms with van der Waals surface area (Å²) in [5.74, 6) is 0.536. The number of hydrogen-bond acceptors (Lipinski definition) is 0. The van der Waals surface area contributed by atoms with Gasteiger partial charge < -0.3 is 0 Å². The smallest absolute Gasteiger partial charge is 0.000799 e. The van der Waals surface area contributed by atoms with E-state index < -0.39 is 0 Å². The van der Waals surface area contributed by atoms with Gasteiger partial charge in [0.05, 0.1) is 0 Å². The minimum Gasteiger partial charge on any atom is -0.0909 e. The van der Waals surface area contributed by atoms with Gasteiger partial charge in [0.2, 0.25) is 0 Å². The van der Waals surface area contributed by atoms with E-state index >= 15 is 0 Å². The van der Waals surface area contributed by atoms with Crippen LogP contribution in [0.2, 0.25) is 0 Å². The van der Waals surface area contributed by atoms with Crippen molar-refractivity contribution in [1.29, 1.82) is 0 Å². The van der Waals surface area contributed by atoms with Crippen LogP contribution in [0.3, 0.4) is 0 Å². The van der Waals surface area contributed by atoms with Crippen molar-refractivity contribution in [3.8, 4) is 0 Å². The zero-order valence-electron chi connectivity index (χ0n) is 15.0. The third-order valence-electron chi connectivity index (χ3n) is 5.00. The van der Waals surface area contributed by atoms with Gasteiger partial charge in [0.25, 0.3) is 0 Å². The van der Waals surface area contributed by atoms with Gasteiger partial charge >= 0.3 is 0 Å². The molecule has 0 atom stereocenters. The molecular weight excluding hydrogens is 276 g/mol. The van der Waals surface area contributed by atoms with E-state index in [4.69, 9.17) is 0 Å². The van der Waals surface area contributed by atoms with E-state index in [0.717, 1.165) is 6.42 Å². The molecule has 0 saturated carbocycles. The third-order valence-corrected chi connectivity index (χ3v) is 5.00. The Morgan fingerprint density at radius 2 is 1.70 bits per heavy atom. The second-order valence-corrected chi connectivity index (χ2v) is 7.16. The van der Waals surface area contributed by atoms with Gasteiger partial charge in [-0.3, -0.25) is 0 Å². The number of benzene rings is 2. The molecule has 0 N–H and O–H groups in total. The lowest BCUT2D eigenvalue weighted by atomic mass is 9.76. The Morgan fingerprint density at radius 1 is 0.957 bits per heavy atom. The fraction of sp³-hybridized carbons (Fsp3) is 0.304. The van der Waals surface area contributed by atoms with Crippen LogP contribution in [0.25, 0.3) is 11.1 Å². The van der Waals surface area contributed by atoms with Crippen LogP contribution in [0.15, 0.2) is 48.6 Å². The highest BCUT2D eigenvalue weighted by molar-refractivity contribution is 5.93. The first-order valence-corrected chi connectivity index (χ1v) is 8.48. The molecule has 1 aliphatic carbocycles. The summed E-state index contributed by atoms with van der Waals surface area (Å²) in [5.41, 5.74) is 12.2. The van der Waals surface area contributed by atoms with Crippen LogP contribution in [-0.4, -0.2) is 0 Å². The van der Waals surface area contributed by atoms with Crippen LogP contribution in [0.5, 0.6) is 0 Å². The van der Waals surface area contributed by atoms with Gasteiger partial charge in [0.1, 0.15) is 0 Å². The van der Waals surface area contributed by atoms with E-state index in [1.54, 1.807) is 0 Å². The summed E-state index contributed by atoms with van der Waals surface area (Å²) in [6, 6.07) is 13.5. The topological polar surface area (TPSA) is 0 Å². The molecule has 0 amide bonds.